The molecule has 0 aliphatic heterocycles. The minimum atomic E-state index is 0.806. The van der Waals surface area contributed by atoms with E-state index in [1.807, 2.05) is 23.6 Å². The Morgan fingerprint density at radius 1 is 1.04 bits per heavy atom. The molecule has 1 aromatic carbocycles. The van der Waals surface area contributed by atoms with Gasteiger partial charge in [-0.05, 0) is 55.8 Å². The summed E-state index contributed by atoms with van der Waals surface area (Å²) in [6.45, 7) is 6.32. The molecule has 0 radical (unpaired) electrons. The predicted molar refractivity (Wildman–Crippen MR) is 102 cm³/mol. The van der Waals surface area contributed by atoms with E-state index in [1.165, 1.54) is 22.9 Å². The van der Waals surface area contributed by atoms with Crippen molar-refractivity contribution in [2.45, 2.75) is 30.3 Å². The Morgan fingerprint density at radius 2 is 1.84 bits per heavy atom. The highest BCUT2D eigenvalue weighted by atomic mass is 32.2. The van der Waals surface area contributed by atoms with Gasteiger partial charge in [0, 0.05) is 23.0 Å². The molecule has 25 heavy (non-hydrogen) atoms. The summed E-state index contributed by atoms with van der Waals surface area (Å²) in [6.07, 6.45) is 1.80. The molecule has 0 aliphatic rings. The van der Waals surface area contributed by atoms with Gasteiger partial charge in [0.25, 0.3) is 0 Å². The number of rotatable bonds is 4. The topological polar surface area (TPSA) is 59.4 Å². The third-order valence-electron chi connectivity index (χ3n) is 4.27. The first-order valence-corrected chi connectivity index (χ1v) is 9.59. The first-order valence-electron chi connectivity index (χ1n) is 7.89. The summed E-state index contributed by atoms with van der Waals surface area (Å²) >= 11 is 3.13. The van der Waals surface area contributed by atoms with Crippen LogP contribution in [0.1, 0.15) is 16.8 Å². The summed E-state index contributed by atoms with van der Waals surface area (Å²) in [4.78, 5) is 7.82. The lowest BCUT2D eigenvalue weighted by Crippen LogP contribution is -2.00. The van der Waals surface area contributed by atoms with E-state index in [0.717, 1.165) is 32.4 Å². The summed E-state index contributed by atoms with van der Waals surface area (Å²) in [5.41, 5.74) is 5.66. The van der Waals surface area contributed by atoms with E-state index in [2.05, 4.69) is 57.6 Å². The first-order chi connectivity index (χ1) is 12.1. The predicted octanol–water partition coefficient (Wildman–Crippen LogP) is 4.80. The molecule has 3 heterocycles. The highest BCUT2D eigenvalue weighted by Gasteiger charge is 2.21. The number of aromatic amines is 1. The average molecular weight is 368 g/mol. The SMILES string of the molecule is Cc1[nH]c(-c2nnc(Sc3nccs3)n2-c2ccccc2)c(C)c1C. The number of benzene rings is 1. The van der Waals surface area contributed by atoms with Crippen LogP contribution in [0.15, 0.2) is 51.4 Å². The van der Waals surface area contributed by atoms with Crippen molar-refractivity contribution in [3.05, 3.63) is 58.7 Å². The highest BCUT2D eigenvalue weighted by Crippen LogP contribution is 2.34. The molecular weight excluding hydrogens is 350 g/mol. The maximum atomic E-state index is 4.50. The average Bonchev–Trinajstić information content (AvgIpc) is 3.34. The largest absolute Gasteiger partial charge is 0.356 e. The quantitative estimate of drug-likeness (QED) is 0.563. The zero-order valence-corrected chi connectivity index (χ0v) is 15.8. The summed E-state index contributed by atoms with van der Waals surface area (Å²) in [5, 5.41) is 11.7. The maximum Gasteiger partial charge on any atom is 0.203 e. The molecule has 0 saturated carbocycles. The Labute approximate surface area is 154 Å². The number of aromatic nitrogens is 5. The summed E-state index contributed by atoms with van der Waals surface area (Å²) in [6, 6.07) is 10.2. The van der Waals surface area contributed by atoms with Crippen LogP contribution < -0.4 is 0 Å². The van der Waals surface area contributed by atoms with Gasteiger partial charge in [0.15, 0.2) is 10.2 Å². The molecule has 5 nitrogen and oxygen atoms in total. The van der Waals surface area contributed by atoms with Crippen molar-refractivity contribution in [2.24, 2.45) is 0 Å². The molecule has 4 rings (SSSR count). The number of hydrogen-bond acceptors (Lipinski definition) is 5. The number of thiazole rings is 1. The van der Waals surface area contributed by atoms with Crippen molar-refractivity contribution in [3.63, 3.8) is 0 Å². The number of hydrogen-bond donors (Lipinski definition) is 1. The molecular formula is C18H17N5S2. The van der Waals surface area contributed by atoms with Crippen LogP contribution in [0.4, 0.5) is 0 Å². The van der Waals surface area contributed by atoms with E-state index < -0.39 is 0 Å². The van der Waals surface area contributed by atoms with Gasteiger partial charge in [-0.3, -0.25) is 4.57 Å². The van der Waals surface area contributed by atoms with Crippen LogP contribution in [0.5, 0.6) is 0 Å². The Morgan fingerprint density at radius 3 is 2.48 bits per heavy atom. The zero-order valence-electron chi connectivity index (χ0n) is 14.1. The lowest BCUT2D eigenvalue weighted by Gasteiger charge is -2.09. The second kappa shape index (κ2) is 6.50. The third kappa shape index (κ3) is 2.89. The first kappa shape index (κ1) is 16.1. The second-order valence-electron chi connectivity index (χ2n) is 5.75. The van der Waals surface area contributed by atoms with Gasteiger partial charge in [-0.25, -0.2) is 4.98 Å². The lowest BCUT2D eigenvalue weighted by atomic mass is 10.1. The fraction of sp³-hybridized carbons (Fsp3) is 0.167. The molecule has 0 fully saturated rings. The molecule has 3 aromatic heterocycles. The van der Waals surface area contributed by atoms with Crippen LogP contribution in [0.3, 0.4) is 0 Å². The minimum Gasteiger partial charge on any atom is -0.356 e. The third-order valence-corrected chi connectivity index (χ3v) is 6.10. The molecule has 1 N–H and O–H groups in total. The maximum absolute atomic E-state index is 4.50. The van der Waals surface area contributed by atoms with Crippen molar-refractivity contribution in [3.8, 4) is 17.2 Å². The minimum absolute atomic E-state index is 0.806. The fourth-order valence-electron chi connectivity index (χ4n) is 2.71. The van der Waals surface area contributed by atoms with Crippen LogP contribution in [0, 0.1) is 20.8 Å². The molecule has 4 aromatic rings. The Balaban J connectivity index is 1.90. The summed E-state index contributed by atoms with van der Waals surface area (Å²) in [5.74, 6) is 0.818. The standard InChI is InChI=1S/C18H17N5S2/c1-11-12(2)15(20-13(11)3)16-21-22-17(25-18-19-9-10-24-18)23(16)14-7-5-4-6-8-14/h4-10,20H,1-3H3. The number of aryl methyl sites for hydroxylation is 1. The Kier molecular flexibility index (Phi) is 4.19. The molecule has 126 valence electrons. The fourth-order valence-corrected chi connectivity index (χ4v) is 4.29. The number of H-pyrrole nitrogens is 1. The lowest BCUT2D eigenvalue weighted by molar-refractivity contribution is 0.884. The van der Waals surface area contributed by atoms with Gasteiger partial charge in [-0.2, -0.15) is 0 Å². The molecule has 0 aliphatic carbocycles. The van der Waals surface area contributed by atoms with Gasteiger partial charge < -0.3 is 4.98 Å². The highest BCUT2D eigenvalue weighted by molar-refractivity contribution is 8.00. The van der Waals surface area contributed by atoms with Crippen LogP contribution >= 0.6 is 23.1 Å². The van der Waals surface area contributed by atoms with Crippen molar-refractivity contribution in [1.29, 1.82) is 0 Å². The van der Waals surface area contributed by atoms with Gasteiger partial charge in [0.1, 0.15) is 0 Å². The Bertz CT molecular complexity index is 1000. The summed E-state index contributed by atoms with van der Waals surface area (Å²) < 4.78 is 3.04. The van der Waals surface area contributed by atoms with E-state index >= 15 is 0 Å². The molecule has 0 saturated heterocycles. The van der Waals surface area contributed by atoms with Crippen molar-refractivity contribution < 1.29 is 0 Å². The smallest absolute Gasteiger partial charge is 0.203 e. The van der Waals surface area contributed by atoms with Crippen molar-refractivity contribution >= 4 is 23.1 Å². The number of nitrogens with zero attached hydrogens (tertiary/aromatic N) is 4. The number of nitrogens with one attached hydrogen (secondary N) is 1. The van der Waals surface area contributed by atoms with Crippen LogP contribution in [-0.2, 0) is 0 Å². The van der Waals surface area contributed by atoms with Gasteiger partial charge in [0.05, 0.1) is 5.69 Å². The van der Waals surface area contributed by atoms with Gasteiger partial charge >= 0.3 is 0 Å². The summed E-state index contributed by atoms with van der Waals surface area (Å²) in [7, 11) is 0. The molecule has 0 atom stereocenters. The van der Waals surface area contributed by atoms with E-state index in [-0.39, 0.29) is 0 Å². The van der Waals surface area contributed by atoms with E-state index in [1.54, 1.807) is 17.5 Å². The normalized spacial score (nSPS) is 11.2. The van der Waals surface area contributed by atoms with Gasteiger partial charge in [-0.15, -0.1) is 21.5 Å². The van der Waals surface area contributed by atoms with E-state index in [9.17, 15) is 0 Å². The van der Waals surface area contributed by atoms with Crippen LogP contribution in [0.2, 0.25) is 0 Å². The molecule has 0 unspecified atom stereocenters. The van der Waals surface area contributed by atoms with Crippen LogP contribution in [0.25, 0.3) is 17.2 Å². The second-order valence-corrected chi connectivity index (χ2v) is 7.86. The van der Waals surface area contributed by atoms with Gasteiger partial charge in [-0.1, -0.05) is 18.2 Å². The van der Waals surface area contributed by atoms with Crippen LogP contribution in [-0.4, -0.2) is 24.7 Å². The van der Waals surface area contributed by atoms with E-state index in [4.69, 9.17) is 0 Å². The molecule has 7 heteroatoms. The van der Waals surface area contributed by atoms with Crippen molar-refractivity contribution in [2.75, 3.05) is 0 Å². The van der Waals surface area contributed by atoms with E-state index in [0.29, 0.717) is 0 Å². The molecule has 0 amide bonds. The number of para-hydroxylation sites is 1. The zero-order chi connectivity index (χ0) is 17.4. The van der Waals surface area contributed by atoms with Crippen molar-refractivity contribution in [1.82, 2.24) is 24.7 Å². The Hall–Kier alpha value is -2.38. The molecule has 0 bridgehead atoms. The monoisotopic (exact) mass is 367 g/mol. The van der Waals surface area contributed by atoms with Gasteiger partial charge in [0.2, 0.25) is 5.16 Å². The molecule has 0 spiro atoms.